The molecule has 0 amide bonds. The van der Waals surface area contributed by atoms with Crippen LogP contribution >= 0.6 is 0 Å². The summed E-state index contributed by atoms with van der Waals surface area (Å²) in [5.74, 6) is 0. The van der Waals surface area contributed by atoms with Gasteiger partial charge in [-0.15, -0.1) is 0 Å². The highest BCUT2D eigenvalue weighted by Gasteiger charge is 2.19. The van der Waals surface area contributed by atoms with Crippen LogP contribution in [0.4, 0.5) is 0 Å². The highest BCUT2D eigenvalue weighted by atomic mass is 16.3. The van der Waals surface area contributed by atoms with Gasteiger partial charge in [-0.25, -0.2) is 0 Å². The Labute approximate surface area is 87.5 Å². The second-order valence-corrected chi connectivity index (χ2v) is 4.33. The highest BCUT2D eigenvalue weighted by molar-refractivity contribution is 4.77. The van der Waals surface area contributed by atoms with Crippen LogP contribution in [0.15, 0.2) is 0 Å². The Kier molecular flexibility index (Phi) is 5.45. The fraction of sp³-hybridized carbons (Fsp3) is 1.00. The lowest BCUT2D eigenvalue weighted by Crippen LogP contribution is -2.46. The summed E-state index contributed by atoms with van der Waals surface area (Å²) in [5, 5.41) is 12.5. The van der Waals surface area contributed by atoms with Crippen LogP contribution < -0.4 is 5.32 Å². The zero-order valence-corrected chi connectivity index (χ0v) is 9.50. The molecule has 0 aromatic heterocycles. The van der Waals surface area contributed by atoms with Crippen molar-refractivity contribution in [1.82, 2.24) is 10.2 Å². The molecule has 3 heteroatoms. The van der Waals surface area contributed by atoms with Gasteiger partial charge in [0, 0.05) is 18.6 Å². The van der Waals surface area contributed by atoms with E-state index in [2.05, 4.69) is 24.2 Å². The third kappa shape index (κ3) is 3.56. The van der Waals surface area contributed by atoms with Crippen molar-refractivity contribution in [3.63, 3.8) is 0 Å². The quantitative estimate of drug-likeness (QED) is 0.690. The van der Waals surface area contributed by atoms with Crippen LogP contribution in [0.3, 0.4) is 0 Å². The van der Waals surface area contributed by atoms with Crippen molar-refractivity contribution in [3.8, 4) is 0 Å². The summed E-state index contributed by atoms with van der Waals surface area (Å²) < 4.78 is 0. The fourth-order valence-electron chi connectivity index (χ4n) is 2.04. The van der Waals surface area contributed by atoms with E-state index in [-0.39, 0.29) is 12.6 Å². The van der Waals surface area contributed by atoms with E-state index in [9.17, 15) is 0 Å². The number of likely N-dealkylation sites (tertiary alicyclic amines) is 1. The molecule has 3 nitrogen and oxygen atoms in total. The molecule has 0 bridgehead atoms. The Morgan fingerprint density at radius 2 is 2.29 bits per heavy atom. The zero-order chi connectivity index (χ0) is 10.4. The number of nitrogens with zero attached hydrogens (tertiary/aromatic N) is 1. The second kappa shape index (κ2) is 6.38. The molecule has 1 aliphatic heterocycles. The van der Waals surface area contributed by atoms with E-state index in [0.29, 0.717) is 6.04 Å². The topological polar surface area (TPSA) is 35.5 Å². The molecular weight excluding hydrogens is 176 g/mol. The minimum atomic E-state index is 0.257. The van der Waals surface area contributed by atoms with Crippen molar-refractivity contribution in [3.05, 3.63) is 0 Å². The molecule has 0 radical (unpaired) electrons. The molecule has 0 aromatic carbocycles. The van der Waals surface area contributed by atoms with E-state index in [1.807, 2.05) is 0 Å². The summed E-state index contributed by atoms with van der Waals surface area (Å²) in [6, 6.07) is 0.953. The minimum Gasteiger partial charge on any atom is -0.395 e. The van der Waals surface area contributed by atoms with Crippen LogP contribution in [-0.2, 0) is 0 Å². The van der Waals surface area contributed by atoms with E-state index in [1.165, 1.54) is 25.8 Å². The molecule has 0 saturated carbocycles. The second-order valence-electron chi connectivity index (χ2n) is 4.33. The number of rotatable bonds is 5. The Bertz CT molecular complexity index is 148. The Morgan fingerprint density at radius 3 is 2.86 bits per heavy atom. The maximum atomic E-state index is 9.05. The number of aliphatic hydroxyl groups excluding tert-OH is 1. The summed E-state index contributed by atoms with van der Waals surface area (Å²) in [5.41, 5.74) is 0. The van der Waals surface area contributed by atoms with Crippen molar-refractivity contribution < 1.29 is 5.11 Å². The lowest BCUT2D eigenvalue weighted by molar-refractivity contribution is 0.166. The lowest BCUT2D eigenvalue weighted by atomic mass is 10.0. The van der Waals surface area contributed by atoms with Crippen LogP contribution in [0.25, 0.3) is 0 Å². The predicted octanol–water partition coefficient (Wildman–Crippen LogP) is 0.831. The predicted molar refractivity (Wildman–Crippen MR) is 59.4 cm³/mol. The van der Waals surface area contributed by atoms with Crippen molar-refractivity contribution in [2.45, 2.75) is 44.7 Å². The molecule has 14 heavy (non-hydrogen) atoms. The van der Waals surface area contributed by atoms with Crippen molar-refractivity contribution in [2.24, 2.45) is 0 Å². The standard InChI is InChI=1S/C11H24N2O/c1-3-10(9-14)12-8-11-6-4-5-7-13(11)2/h10-12,14H,3-9H2,1-2H3/t10-,11?/m1/s1. The fourth-order valence-corrected chi connectivity index (χ4v) is 2.04. The number of nitrogens with one attached hydrogen (secondary N) is 1. The summed E-state index contributed by atoms with van der Waals surface area (Å²) in [6.07, 6.45) is 5.00. The van der Waals surface area contributed by atoms with Gasteiger partial charge in [0.1, 0.15) is 0 Å². The van der Waals surface area contributed by atoms with Gasteiger partial charge in [-0.1, -0.05) is 13.3 Å². The van der Waals surface area contributed by atoms with Gasteiger partial charge in [-0.05, 0) is 32.9 Å². The van der Waals surface area contributed by atoms with E-state index in [1.54, 1.807) is 0 Å². The molecule has 1 fully saturated rings. The van der Waals surface area contributed by atoms with Gasteiger partial charge in [-0.3, -0.25) is 0 Å². The molecule has 1 heterocycles. The molecule has 2 N–H and O–H groups in total. The SMILES string of the molecule is CC[C@H](CO)NCC1CCCCN1C. The Hall–Kier alpha value is -0.120. The monoisotopic (exact) mass is 200 g/mol. The largest absolute Gasteiger partial charge is 0.395 e. The maximum absolute atomic E-state index is 9.05. The van der Waals surface area contributed by atoms with Crippen LogP contribution in [0, 0.1) is 0 Å². The van der Waals surface area contributed by atoms with Gasteiger partial charge in [0.15, 0.2) is 0 Å². The van der Waals surface area contributed by atoms with Crippen LogP contribution in [0.1, 0.15) is 32.6 Å². The lowest BCUT2D eigenvalue weighted by Gasteiger charge is -2.33. The van der Waals surface area contributed by atoms with E-state index >= 15 is 0 Å². The molecule has 0 spiro atoms. The molecule has 84 valence electrons. The average Bonchev–Trinajstić information content (AvgIpc) is 2.22. The molecule has 1 unspecified atom stereocenters. The van der Waals surface area contributed by atoms with Gasteiger partial charge >= 0.3 is 0 Å². The summed E-state index contributed by atoms with van der Waals surface area (Å²) in [6.45, 7) is 4.61. The van der Waals surface area contributed by atoms with Crippen LogP contribution in [0.2, 0.25) is 0 Å². The molecule has 1 rings (SSSR count). The molecule has 0 aromatic rings. The molecule has 2 atom stereocenters. The average molecular weight is 200 g/mol. The normalized spacial score (nSPS) is 26.4. The number of hydrogen-bond donors (Lipinski definition) is 2. The number of likely N-dealkylation sites (N-methyl/N-ethyl adjacent to an activating group) is 1. The number of hydrogen-bond acceptors (Lipinski definition) is 3. The van der Waals surface area contributed by atoms with Crippen molar-refractivity contribution in [1.29, 1.82) is 0 Å². The first-order valence-corrected chi connectivity index (χ1v) is 5.82. The van der Waals surface area contributed by atoms with Crippen LogP contribution in [-0.4, -0.2) is 48.8 Å². The van der Waals surface area contributed by atoms with Gasteiger partial charge in [0.2, 0.25) is 0 Å². The summed E-state index contributed by atoms with van der Waals surface area (Å²) in [7, 11) is 2.20. The molecule has 1 saturated heterocycles. The van der Waals surface area contributed by atoms with Gasteiger partial charge in [-0.2, -0.15) is 0 Å². The molecule has 0 aliphatic carbocycles. The van der Waals surface area contributed by atoms with E-state index in [0.717, 1.165) is 13.0 Å². The van der Waals surface area contributed by atoms with Gasteiger partial charge in [0.05, 0.1) is 6.61 Å². The van der Waals surface area contributed by atoms with E-state index in [4.69, 9.17) is 5.11 Å². The number of aliphatic hydroxyl groups is 1. The first-order chi connectivity index (χ1) is 6.77. The highest BCUT2D eigenvalue weighted by Crippen LogP contribution is 2.14. The number of piperidine rings is 1. The summed E-state index contributed by atoms with van der Waals surface area (Å²) >= 11 is 0. The smallest absolute Gasteiger partial charge is 0.0584 e. The molecular formula is C11H24N2O. The third-order valence-corrected chi connectivity index (χ3v) is 3.28. The Morgan fingerprint density at radius 1 is 1.50 bits per heavy atom. The van der Waals surface area contributed by atoms with Crippen molar-refractivity contribution in [2.75, 3.05) is 26.7 Å². The van der Waals surface area contributed by atoms with E-state index < -0.39 is 0 Å². The van der Waals surface area contributed by atoms with Gasteiger partial charge in [0.25, 0.3) is 0 Å². The third-order valence-electron chi connectivity index (χ3n) is 3.28. The minimum absolute atomic E-state index is 0.257. The zero-order valence-electron chi connectivity index (χ0n) is 9.50. The summed E-state index contributed by atoms with van der Waals surface area (Å²) in [4.78, 5) is 2.43. The first-order valence-electron chi connectivity index (χ1n) is 5.82. The maximum Gasteiger partial charge on any atom is 0.0584 e. The van der Waals surface area contributed by atoms with Crippen molar-refractivity contribution >= 4 is 0 Å². The Balaban J connectivity index is 2.21. The first kappa shape index (κ1) is 12.0. The molecule has 1 aliphatic rings. The van der Waals surface area contributed by atoms with Crippen LogP contribution in [0.5, 0.6) is 0 Å². The van der Waals surface area contributed by atoms with Gasteiger partial charge < -0.3 is 15.3 Å².